The number of hydrogen-bond donors (Lipinski definition) is 0. The van der Waals surface area contributed by atoms with Crippen LogP contribution in [0.15, 0.2) is 54.0 Å². The van der Waals surface area contributed by atoms with Crippen LogP contribution >= 0.6 is 0 Å². The topological polar surface area (TPSA) is 60.0 Å². The highest BCUT2D eigenvalue weighted by atomic mass is 16.5. The van der Waals surface area contributed by atoms with Crippen molar-refractivity contribution in [1.29, 1.82) is 10.5 Å². The van der Waals surface area contributed by atoms with Crippen LogP contribution < -0.4 is 4.90 Å². The van der Waals surface area contributed by atoms with E-state index in [-0.39, 0.29) is 5.92 Å². The molecule has 4 heteroatoms. The molecule has 0 saturated heterocycles. The van der Waals surface area contributed by atoms with Gasteiger partial charge in [0.25, 0.3) is 0 Å². The molecular formula is C19H19N3O. The summed E-state index contributed by atoms with van der Waals surface area (Å²) in [6.45, 7) is 1.82. The molecule has 0 radical (unpaired) electrons. The summed E-state index contributed by atoms with van der Waals surface area (Å²) >= 11 is 0. The molecule has 0 amide bonds. The Kier molecular flexibility index (Phi) is 5.23. The SMILES string of the molecule is CC1=CC(C(C#N)C#N)C=C(/C=C\c2ccc(N(C)C)cc2)O1. The van der Waals surface area contributed by atoms with Gasteiger partial charge < -0.3 is 9.64 Å². The number of nitriles is 2. The quantitative estimate of drug-likeness (QED) is 0.847. The molecule has 0 spiro atoms. The molecule has 1 aliphatic rings. The van der Waals surface area contributed by atoms with Crippen molar-refractivity contribution in [1.82, 2.24) is 0 Å². The summed E-state index contributed by atoms with van der Waals surface area (Å²) in [6, 6.07) is 12.2. The lowest BCUT2D eigenvalue weighted by Crippen LogP contribution is -2.11. The number of rotatable bonds is 4. The first kappa shape index (κ1) is 16.4. The molecule has 0 aromatic heterocycles. The van der Waals surface area contributed by atoms with Crippen LogP contribution in [0.2, 0.25) is 0 Å². The zero-order valence-corrected chi connectivity index (χ0v) is 13.5. The molecule has 0 aliphatic carbocycles. The smallest absolute Gasteiger partial charge is 0.143 e. The van der Waals surface area contributed by atoms with E-state index < -0.39 is 5.92 Å². The Morgan fingerprint density at radius 2 is 1.74 bits per heavy atom. The van der Waals surface area contributed by atoms with E-state index in [1.165, 1.54) is 0 Å². The third kappa shape index (κ3) is 4.25. The summed E-state index contributed by atoms with van der Waals surface area (Å²) < 4.78 is 5.65. The Morgan fingerprint density at radius 3 is 2.30 bits per heavy atom. The zero-order chi connectivity index (χ0) is 16.8. The molecular weight excluding hydrogens is 286 g/mol. The summed E-state index contributed by atoms with van der Waals surface area (Å²) in [5, 5.41) is 18.1. The minimum absolute atomic E-state index is 0.241. The molecule has 116 valence electrons. The summed E-state index contributed by atoms with van der Waals surface area (Å²) in [4.78, 5) is 2.04. The molecule has 1 atom stereocenters. The van der Waals surface area contributed by atoms with Gasteiger partial charge in [0, 0.05) is 25.7 Å². The molecule has 1 aromatic rings. The average Bonchev–Trinajstić information content (AvgIpc) is 2.54. The van der Waals surface area contributed by atoms with Gasteiger partial charge in [0.05, 0.1) is 17.9 Å². The van der Waals surface area contributed by atoms with Crippen LogP contribution in [0.1, 0.15) is 12.5 Å². The van der Waals surface area contributed by atoms with Crippen LogP contribution in [0.25, 0.3) is 6.08 Å². The fourth-order valence-electron chi connectivity index (χ4n) is 2.31. The van der Waals surface area contributed by atoms with Gasteiger partial charge in [-0.15, -0.1) is 0 Å². The first-order valence-corrected chi connectivity index (χ1v) is 7.36. The van der Waals surface area contributed by atoms with Crippen molar-refractivity contribution >= 4 is 11.8 Å². The molecule has 1 heterocycles. The molecule has 0 saturated carbocycles. The molecule has 1 unspecified atom stereocenters. The second-order valence-corrected chi connectivity index (χ2v) is 5.58. The van der Waals surface area contributed by atoms with E-state index in [0.29, 0.717) is 11.5 Å². The van der Waals surface area contributed by atoms with Gasteiger partial charge in [-0.3, -0.25) is 0 Å². The molecule has 1 aliphatic heterocycles. The van der Waals surface area contributed by atoms with Crippen LogP contribution in [0.4, 0.5) is 5.69 Å². The van der Waals surface area contributed by atoms with Gasteiger partial charge >= 0.3 is 0 Å². The standard InChI is InChI=1S/C19H19N3O/c1-14-10-16(17(12-20)13-21)11-19(23-14)9-6-15-4-7-18(8-5-15)22(2)3/h4-11,16-17H,1-3H3/b9-6-. The molecule has 1 aromatic carbocycles. The van der Waals surface area contributed by atoms with Gasteiger partial charge in [0.1, 0.15) is 11.7 Å². The fourth-order valence-corrected chi connectivity index (χ4v) is 2.31. The monoisotopic (exact) mass is 305 g/mol. The molecule has 23 heavy (non-hydrogen) atoms. The average molecular weight is 305 g/mol. The van der Waals surface area contributed by atoms with E-state index in [9.17, 15) is 0 Å². The van der Waals surface area contributed by atoms with Crippen molar-refractivity contribution in [3.63, 3.8) is 0 Å². The first-order valence-electron chi connectivity index (χ1n) is 7.36. The van der Waals surface area contributed by atoms with Gasteiger partial charge in [-0.05, 0) is 42.8 Å². The number of anilines is 1. The van der Waals surface area contributed by atoms with Gasteiger partial charge in [0.15, 0.2) is 0 Å². The summed E-state index contributed by atoms with van der Waals surface area (Å²) in [7, 11) is 4.00. The molecule has 0 N–H and O–H groups in total. The van der Waals surface area contributed by atoms with E-state index in [1.807, 2.05) is 80.6 Å². The zero-order valence-electron chi connectivity index (χ0n) is 13.5. The third-order valence-electron chi connectivity index (χ3n) is 3.58. The van der Waals surface area contributed by atoms with Crippen molar-refractivity contribution in [3.05, 3.63) is 59.6 Å². The van der Waals surface area contributed by atoms with Gasteiger partial charge in [-0.1, -0.05) is 18.2 Å². The lowest BCUT2D eigenvalue weighted by molar-refractivity contribution is 0.302. The Morgan fingerprint density at radius 1 is 1.09 bits per heavy atom. The highest BCUT2D eigenvalue weighted by molar-refractivity contribution is 5.57. The van der Waals surface area contributed by atoms with Crippen molar-refractivity contribution in [2.45, 2.75) is 6.92 Å². The second-order valence-electron chi connectivity index (χ2n) is 5.58. The lowest BCUT2D eigenvalue weighted by Gasteiger charge is -2.18. The van der Waals surface area contributed by atoms with Gasteiger partial charge in [0.2, 0.25) is 0 Å². The molecule has 4 nitrogen and oxygen atoms in total. The van der Waals surface area contributed by atoms with Crippen molar-refractivity contribution in [3.8, 4) is 12.1 Å². The Bertz CT molecular complexity index is 713. The van der Waals surface area contributed by atoms with E-state index in [1.54, 1.807) is 6.08 Å². The van der Waals surface area contributed by atoms with E-state index in [4.69, 9.17) is 15.3 Å². The predicted molar refractivity (Wildman–Crippen MR) is 90.9 cm³/mol. The number of hydrogen-bond acceptors (Lipinski definition) is 4. The van der Waals surface area contributed by atoms with Gasteiger partial charge in [-0.2, -0.15) is 10.5 Å². The Labute approximate surface area is 137 Å². The lowest BCUT2D eigenvalue weighted by atomic mass is 9.92. The second kappa shape index (κ2) is 7.33. The molecule has 0 bridgehead atoms. The maximum Gasteiger partial charge on any atom is 0.143 e. The van der Waals surface area contributed by atoms with E-state index >= 15 is 0 Å². The van der Waals surface area contributed by atoms with Crippen molar-refractivity contribution in [2.75, 3.05) is 19.0 Å². The number of allylic oxidation sites excluding steroid dienone is 4. The maximum atomic E-state index is 9.04. The summed E-state index contributed by atoms with van der Waals surface area (Å²) in [5.74, 6) is 0.420. The normalized spacial score (nSPS) is 17.0. The number of nitrogens with zero attached hydrogens (tertiary/aromatic N) is 3. The third-order valence-corrected chi connectivity index (χ3v) is 3.58. The highest BCUT2D eigenvalue weighted by Gasteiger charge is 2.21. The number of ether oxygens (including phenoxy) is 1. The van der Waals surface area contributed by atoms with Crippen LogP contribution in [0, 0.1) is 34.5 Å². The van der Waals surface area contributed by atoms with Crippen molar-refractivity contribution in [2.24, 2.45) is 11.8 Å². The van der Waals surface area contributed by atoms with Crippen LogP contribution in [-0.4, -0.2) is 14.1 Å². The van der Waals surface area contributed by atoms with Crippen LogP contribution in [0.3, 0.4) is 0 Å². The van der Waals surface area contributed by atoms with E-state index in [2.05, 4.69) is 0 Å². The van der Waals surface area contributed by atoms with Gasteiger partial charge in [-0.25, -0.2) is 0 Å². The maximum absolute atomic E-state index is 9.04. The van der Waals surface area contributed by atoms with Crippen LogP contribution in [0.5, 0.6) is 0 Å². The fraction of sp³-hybridized carbons (Fsp3) is 0.263. The predicted octanol–water partition coefficient (Wildman–Crippen LogP) is 3.86. The molecule has 0 fully saturated rings. The number of benzene rings is 1. The largest absolute Gasteiger partial charge is 0.463 e. The summed E-state index contributed by atoms with van der Waals surface area (Å²) in [6.07, 6.45) is 7.43. The van der Waals surface area contributed by atoms with Crippen molar-refractivity contribution < 1.29 is 4.74 Å². The Hall–Kier alpha value is -2.98. The Balaban J connectivity index is 2.15. The highest BCUT2D eigenvalue weighted by Crippen LogP contribution is 2.26. The van der Waals surface area contributed by atoms with E-state index in [0.717, 1.165) is 11.3 Å². The summed E-state index contributed by atoms with van der Waals surface area (Å²) in [5.41, 5.74) is 2.20. The minimum Gasteiger partial charge on any atom is -0.463 e. The van der Waals surface area contributed by atoms with Crippen LogP contribution in [-0.2, 0) is 4.74 Å². The first-order chi connectivity index (χ1) is 11.0. The minimum atomic E-state index is -0.698. The molecule has 2 rings (SSSR count).